The van der Waals surface area contributed by atoms with Crippen LogP contribution < -0.4 is 4.90 Å². The van der Waals surface area contributed by atoms with E-state index in [-0.39, 0.29) is 5.78 Å². The van der Waals surface area contributed by atoms with Gasteiger partial charge in [0.1, 0.15) is 0 Å². The Hall–Kier alpha value is -0.830. The minimum Gasteiger partial charge on any atom is -0.372 e. The number of benzene rings is 1. The Labute approximate surface area is 124 Å². The lowest BCUT2D eigenvalue weighted by Gasteiger charge is -2.29. The van der Waals surface area contributed by atoms with Gasteiger partial charge in [-0.3, -0.25) is 4.79 Å². The van der Waals surface area contributed by atoms with Crippen molar-refractivity contribution < 1.29 is 4.79 Å². The maximum atomic E-state index is 11.5. The third kappa shape index (κ3) is 3.59. The number of carbonyl (C=O) groups is 1. The Morgan fingerprint density at radius 2 is 1.84 bits per heavy atom. The lowest BCUT2D eigenvalue weighted by atomic mass is 10.1. The third-order valence-electron chi connectivity index (χ3n) is 4.11. The molecule has 0 aromatic heterocycles. The van der Waals surface area contributed by atoms with E-state index in [1.807, 2.05) is 6.07 Å². The van der Waals surface area contributed by atoms with Crippen molar-refractivity contribution >= 4 is 27.4 Å². The quantitative estimate of drug-likeness (QED) is 0.587. The lowest BCUT2D eigenvalue weighted by molar-refractivity contribution is 0.101. The molecule has 19 heavy (non-hydrogen) atoms. The molecule has 0 amide bonds. The van der Waals surface area contributed by atoms with Crippen LogP contribution in [0.25, 0.3) is 0 Å². The Balaban J connectivity index is 2.16. The zero-order valence-electron chi connectivity index (χ0n) is 11.8. The largest absolute Gasteiger partial charge is 0.372 e. The summed E-state index contributed by atoms with van der Waals surface area (Å²) in [5, 5.41) is 0. The molecule has 1 aliphatic carbocycles. The summed E-state index contributed by atoms with van der Waals surface area (Å²) in [6.45, 7) is 1.61. The maximum absolute atomic E-state index is 11.5. The Kier molecular flexibility index (Phi) is 5.03. The summed E-state index contributed by atoms with van der Waals surface area (Å²) in [7, 11) is 2.17. The highest BCUT2D eigenvalue weighted by Crippen LogP contribution is 2.29. The SMILES string of the molecule is CC(=O)c1ccc(N(C)C2CCCCCC2)cc1Br. The number of carbonyl (C=O) groups excluding carboxylic acids is 1. The van der Waals surface area contributed by atoms with E-state index in [1.165, 1.54) is 44.2 Å². The van der Waals surface area contributed by atoms with E-state index in [0.29, 0.717) is 6.04 Å². The molecule has 2 rings (SSSR count). The van der Waals surface area contributed by atoms with E-state index in [1.54, 1.807) is 6.92 Å². The molecule has 1 aromatic rings. The second kappa shape index (κ2) is 6.56. The minimum absolute atomic E-state index is 0.107. The molecule has 0 unspecified atom stereocenters. The van der Waals surface area contributed by atoms with Crippen molar-refractivity contribution in [2.75, 3.05) is 11.9 Å². The van der Waals surface area contributed by atoms with Crippen LogP contribution in [0.15, 0.2) is 22.7 Å². The van der Waals surface area contributed by atoms with Gasteiger partial charge in [-0.05, 0) is 53.9 Å². The molecule has 1 fully saturated rings. The van der Waals surface area contributed by atoms with Crippen molar-refractivity contribution in [3.05, 3.63) is 28.2 Å². The third-order valence-corrected chi connectivity index (χ3v) is 4.77. The summed E-state index contributed by atoms with van der Waals surface area (Å²) in [6, 6.07) is 6.70. The van der Waals surface area contributed by atoms with Crippen molar-refractivity contribution in [3.63, 3.8) is 0 Å². The zero-order chi connectivity index (χ0) is 13.8. The molecule has 0 spiro atoms. The predicted molar refractivity (Wildman–Crippen MR) is 84.0 cm³/mol. The second-order valence-electron chi connectivity index (χ2n) is 5.48. The first-order valence-electron chi connectivity index (χ1n) is 7.13. The van der Waals surface area contributed by atoms with Gasteiger partial charge < -0.3 is 4.90 Å². The number of Topliss-reactive ketones (excluding diaryl/α,β-unsaturated/α-hetero) is 1. The average molecular weight is 324 g/mol. The van der Waals surface area contributed by atoms with Crippen molar-refractivity contribution in [1.29, 1.82) is 0 Å². The number of rotatable bonds is 3. The van der Waals surface area contributed by atoms with Crippen LogP contribution in [0.1, 0.15) is 55.8 Å². The van der Waals surface area contributed by atoms with Crippen LogP contribution in [-0.2, 0) is 0 Å². The van der Waals surface area contributed by atoms with Crippen molar-refractivity contribution in [2.24, 2.45) is 0 Å². The molecule has 0 saturated heterocycles. The molecular weight excluding hydrogens is 302 g/mol. The number of hydrogen-bond donors (Lipinski definition) is 0. The van der Waals surface area contributed by atoms with Crippen LogP contribution in [0.2, 0.25) is 0 Å². The number of anilines is 1. The van der Waals surface area contributed by atoms with Crippen LogP contribution in [0.4, 0.5) is 5.69 Å². The Bertz CT molecular complexity index is 450. The Morgan fingerprint density at radius 1 is 1.21 bits per heavy atom. The van der Waals surface area contributed by atoms with Gasteiger partial charge in [-0.15, -0.1) is 0 Å². The highest BCUT2D eigenvalue weighted by Gasteiger charge is 2.18. The van der Waals surface area contributed by atoms with Gasteiger partial charge in [-0.1, -0.05) is 25.7 Å². The van der Waals surface area contributed by atoms with Gasteiger partial charge in [-0.25, -0.2) is 0 Å². The van der Waals surface area contributed by atoms with Gasteiger partial charge in [-0.2, -0.15) is 0 Å². The molecule has 1 aromatic carbocycles. The molecule has 1 aliphatic rings. The number of ketones is 1. The molecule has 3 heteroatoms. The van der Waals surface area contributed by atoms with E-state index in [4.69, 9.17) is 0 Å². The normalized spacial score (nSPS) is 17.0. The summed E-state index contributed by atoms with van der Waals surface area (Å²) < 4.78 is 0.901. The monoisotopic (exact) mass is 323 g/mol. The summed E-state index contributed by atoms with van der Waals surface area (Å²) >= 11 is 3.51. The molecule has 1 saturated carbocycles. The maximum Gasteiger partial charge on any atom is 0.160 e. The second-order valence-corrected chi connectivity index (χ2v) is 6.33. The standard InChI is InChI=1S/C16H22BrNO/c1-12(19)15-10-9-14(11-16(15)17)18(2)13-7-5-3-4-6-8-13/h9-11,13H,3-8H2,1-2H3. The minimum atomic E-state index is 0.107. The first-order chi connectivity index (χ1) is 9.09. The smallest absolute Gasteiger partial charge is 0.160 e. The van der Waals surface area contributed by atoms with Crippen LogP contribution >= 0.6 is 15.9 Å². The molecule has 104 valence electrons. The number of hydrogen-bond acceptors (Lipinski definition) is 2. The average Bonchev–Trinajstić information content (AvgIpc) is 2.66. The number of nitrogens with zero attached hydrogens (tertiary/aromatic N) is 1. The van der Waals surface area contributed by atoms with Gasteiger partial charge in [0, 0.05) is 28.8 Å². The van der Waals surface area contributed by atoms with Gasteiger partial charge in [0.15, 0.2) is 5.78 Å². The molecule has 0 atom stereocenters. The molecule has 0 N–H and O–H groups in total. The Morgan fingerprint density at radius 3 is 2.37 bits per heavy atom. The predicted octanol–water partition coefficient (Wildman–Crippen LogP) is 4.81. The molecule has 0 aliphatic heterocycles. The van der Waals surface area contributed by atoms with Crippen LogP contribution in [0.5, 0.6) is 0 Å². The first kappa shape index (κ1) is 14.6. The van der Waals surface area contributed by atoms with Gasteiger partial charge in [0.05, 0.1) is 0 Å². The summed E-state index contributed by atoms with van der Waals surface area (Å²) in [5.41, 5.74) is 1.96. The van der Waals surface area contributed by atoms with Crippen LogP contribution in [0.3, 0.4) is 0 Å². The zero-order valence-corrected chi connectivity index (χ0v) is 13.4. The molecule has 0 radical (unpaired) electrons. The fraction of sp³-hybridized carbons (Fsp3) is 0.562. The van der Waals surface area contributed by atoms with Crippen LogP contribution in [-0.4, -0.2) is 18.9 Å². The van der Waals surface area contributed by atoms with E-state index in [2.05, 4.69) is 40.0 Å². The summed E-state index contributed by atoms with van der Waals surface area (Å²) in [5.74, 6) is 0.107. The first-order valence-corrected chi connectivity index (χ1v) is 7.92. The molecule has 0 heterocycles. The highest BCUT2D eigenvalue weighted by molar-refractivity contribution is 9.10. The molecular formula is C16H22BrNO. The molecule has 0 bridgehead atoms. The van der Waals surface area contributed by atoms with Crippen molar-refractivity contribution in [1.82, 2.24) is 0 Å². The van der Waals surface area contributed by atoms with Crippen LogP contribution in [0, 0.1) is 0 Å². The van der Waals surface area contributed by atoms with E-state index < -0.39 is 0 Å². The van der Waals surface area contributed by atoms with E-state index >= 15 is 0 Å². The fourth-order valence-corrected chi connectivity index (χ4v) is 3.51. The highest BCUT2D eigenvalue weighted by atomic mass is 79.9. The van der Waals surface area contributed by atoms with Gasteiger partial charge in [0.2, 0.25) is 0 Å². The van der Waals surface area contributed by atoms with E-state index in [9.17, 15) is 4.79 Å². The topological polar surface area (TPSA) is 20.3 Å². The van der Waals surface area contributed by atoms with Gasteiger partial charge >= 0.3 is 0 Å². The van der Waals surface area contributed by atoms with Crippen molar-refractivity contribution in [2.45, 2.75) is 51.5 Å². The summed E-state index contributed by atoms with van der Waals surface area (Å²) in [4.78, 5) is 13.8. The molecule has 2 nitrogen and oxygen atoms in total. The van der Waals surface area contributed by atoms with E-state index in [0.717, 1.165) is 10.0 Å². The summed E-state index contributed by atoms with van der Waals surface area (Å²) in [6.07, 6.45) is 7.98. The van der Waals surface area contributed by atoms with Gasteiger partial charge in [0.25, 0.3) is 0 Å². The van der Waals surface area contributed by atoms with Crippen molar-refractivity contribution in [3.8, 4) is 0 Å². The lowest BCUT2D eigenvalue weighted by Crippen LogP contribution is -2.31. The number of halogens is 1. The fourth-order valence-electron chi connectivity index (χ4n) is 2.86.